The van der Waals surface area contributed by atoms with E-state index in [9.17, 15) is 4.79 Å². The number of aromatic nitrogens is 1. The molecule has 0 aliphatic heterocycles. The summed E-state index contributed by atoms with van der Waals surface area (Å²) in [5, 5.41) is 1.03. The zero-order valence-corrected chi connectivity index (χ0v) is 8.00. The van der Waals surface area contributed by atoms with Gasteiger partial charge in [-0.3, -0.25) is 4.79 Å². The maximum absolute atomic E-state index is 11.3. The van der Waals surface area contributed by atoms with Gasteiger partial charge in [-0.15, -0.1) is 0 Å². The lowest BCUT2D eigenvalue weighted by Gasteiger charge is -2.05. The Labute approximate surface area is 81.6 Å². The second-order valence-corrected chi connectivity index (χ2v) is 3.36. The molecule has 1 heterocycles. The van der Waals surface area contributed by atoms with E-state index in [-0.39, 0.29) is 5.56 Å². The number of hydrogen-bond donors (Lipinski definition) is 2. The molecule has 2 rings (SSSR count). The van der Waals surface area contributed by atoms with E-state index in [0.717, 1.165) is 22.0 Å². The number of fused-ring (bicyclic) bond motifs is 1. The topological polar surface area (TPSA) is 58.9 Å². The van der Waals surface area contributed by atoms with Crippen molar-refractivity contribution in [2.24, 2.45) is 5.73 Å². The molecule has 0 saturated heterocycles. The number of hydrogen-bond acceptors (Lipinski definition) is 2. The minimum absolute atomic E-state index is 0.0905. The normalized spacial score (nSPS) is 10.7. The van der Waals surface area contributed by atoms with Crippen LogP contribution in [-0.4, -0.2) is 4.98 Å². The van der Waals surface area contributed by atoms with Gasteiger partial charge in [-0.25, -0.2) is 0 Å². The van der Waals surface area contributed by atoms with Crippen LogP contribution in [0.25, 0.3) is 10.9 Å². The predicted molar refractivity (Wildman–Crippen MR) is 57.2 cm³/mol. The van der Waals surface area contributed by atoms with E-state index < -0.39 is 0 Å². The van der Waals surface area contributed by atoms with Crippen LogP contribution in [0.5, 0.6) is 0 Å². The van der Waals surface area contributed by atoms with E-state index in [1.807, 2.05) is 25.1 Å². The first kappa shape index (κ1) is 8.97. The van der Waals surface area contributed by atoms with Crippen LogP contribution < -0.4 is 11.3 Å². The van der Waals surface area contributed by atoms with Gasteiger partial charge in [-0.05, 0) is 18.1 Å². The van der Waals surface area contributed by atoms with Crippen LogP contribution in [0.15, 0.2) is 29.1 Å². The number of benzene rings is 1. The molecule has 0 atom stereocenters. The van der Waals surface area contributed by atoms with Crippen LogP contribution in [0.3, 0.4) is 0 Å². The Balaban J connectivity index is 2.94. The Hall–Kier alpha value is -1.61. The summed E-state index contributed by atoms with van der Waals surface area (Å²) in [4.78, 5) is 14.1. The summed E-state index contributed by atoms with van der Waals surface area (Å²) in [6, 6.07) is 7.47. The fraction of sp³-hybridized carbons (Fsp3) is 0.182. The van der Waals surface area contributed by atoms with Crippen LogP contribution in [0.1, 0.15) is 11.1 Å². The van der Waals surface area contributed by atoms with Crippen molar-refractivity contribution in [1.82, 2.24) is 4.98 Å². The fourth-order valence-corrected chi connectivity index (χ4v) is 1.67. The number of para-hydroxylation sites is 1. The van der Waals surface area contributed by atoms with Gasteiger partial charge in [-0.2, -0.15) is 0 Å². The van der Waals surface area contributed by atoms with Gasteiger partial charge >= 0.3 is 0 Å². The molecule has 0 amide bonds. The molecule has 0 aliphatic rings. The number of nitrogens with two attached hydrogens (primary N) is 1. The number of aromatic amines is 1. The number of H-pyrrole nitrogens is 1. The van der Waals surface area contributed by atoms with Gasteiger partial charge < -0.3 is 10.7 Å². The molecule has 3 N–H and O–H groups in total. The average molecular weight is 188 g/mol. The summed E-state index contributed by atoms with van der Waals surface area (Å²) in [5.41, 5.74) is 8.34. The molecule has 3 nitrogen and oxygen atoms in total. The minimum Gasteiger partial charge on any atom is -0.326 e. The van der Waals surface area contributed by atoms with Crippen molar-refractivity contribution in [1.29, 1.82) is 0 Å². The molecule has 1 aromatic carbocycles. The predicted octanol–water partition coefficient (Wildman–Crippen LogP) is 1.30. The second-order valence-electron chi connectivity index (χ2n) is 3.36. The number of aryl methyl sites for hydroxylation is 1. The van der Waals surface area contributed by atoms with Gasteiger partial charge in [0.05, 0.1) is 5.52 Å². The molecule has 0 saturated carbocycles. The van der Waals surface area contributed by atoms with E-state index in [2.05, 4.69) is 4.98 Å². The van der Waals surface area contributed by atoms with Crippen molar-refractivity contribution in [2.75, 3.05) is 0 Å². The molecular weight excluding hydrogens is 176 g/mol. The Morgan fingerprint density at radius 3 is 2.93 bits per heavy atom. The maximum Gasteiger partial charge on any atom is 0.248 e. The highest BCUT2D eigenvalue weighted by molar-refractivity contribution is 5.84. The highest BCUT2D eigenvalue weighted by atomic mass is 16.1. The third-order valence-electron chi connectivity index (χ3n) is 2.39. The zero-order chi connectivity index (χ0) is 10.1. The summed E-state index contributed by atoms with van der Waals surface area (Å²) in [6.45, 7) is 2.36. The van der Waals surface area contributed by atoms with Gasteiger partial charge in [0.15, 0.2) is 0 Å². The summed E-state index contributed by atoms with van der Waals surface area (Å²) in [6.07, 6.45) is 0. The van der Waals surface area contributed by atoms with Gasteiger partial charge in [0.1, 0.15) is 0 Å². The molecule has 0 unspecified atom stereocenters. The zero-order valence-electron chi connectivity index (χ0n) is 8.00. The Kier molecular flexibility index (Phi) is 2.09. The molecule has 3 heteroatoms. The largest absolute Gasteiger partial charge is 0.326 e. The third kappa shape index (κ3) is 1.32. The fourth-order valence-electron chi connectivity index (χ4n) is 1.67. The summed E-state index contributed by atoms with van der Waals surface area (Å²) in [7, 11) is 0. The standard InChI is InChI=1S/C11H12N2O/c1-7-3-2-4-9-8(6-12)5-10(14)13-11(7)9/h2-5H,6,12H2,1H3,(H,13,14). The third-order valence-corrected chi connectivity index (χ3v) is 2.39. The molecule has 2 aromatic rings. The lowest BCUT2D eigenvalue weighted by Crippen LogP contribution is -2.09. The molecule has 0 radical (unpaired) electrons. The molecule has 0 bridgehead atoms. The minimum atomic E-state index is -0.0905. The van der Waals surface area contributed by atoms with Crippen LogP contribution in [-0.2, 0) is 6.54 Å². The summed E-state index contributed by atoms with van der Waals surface area (Å²) < 4.78 is 0. The van der Waals surface area contributed by atoms with Crippen LogP contribution >= 0.6 is 0 Å². The molecule has 0 spiro atoms. The van der Waals surface area contributed by atoms with E-state index in [1.165, 1.54) is 0 Å². The number of rotatable bonds is 1. The SMILES string of the molecule is Cc1cccc2c(CN)cc(=O)[nH]c12. The Morgan fingerprint density at radius 2 is 2.21 bits per heavy atom. The van der Waals surface area contributed by atoms with Crippen molar-refractivity contribution < 1.29 is 0 Å². The average Bonchev–Trinajstić information content (AvgIpc) is 2.18. The number of nitrogens with one attached hydrogen (secondary N) is 1. The lowest BCUT2D eigenvalue weighted by molar-refractivity contribution is 1.07. The molecule has 14 heavy (non-hydrogen) atoms. The highest BCUT2D eigenvalue weighted by Crippen LogP contribution is 2.17. The van der Waals surface area contributed by atoms with Gasteiger partial charge in [0.2, 0.25) is 5.56 Å². The highest BCUT2D eigenvalue weighted by Gasteiger charge is 2.02. The second kappa shape index (κ2) is 3.27. The van der Waals surface area contributed by atoms with Gasteiger partial charge in [-0.1, -0.05) is 18.2 Å². The van der Waals surface area contributed by atoms with Crippen LogP contribution in [0.2, 0.25) is 0 Å². The first-order chi connectivity index (χ1) is 6.72. The Morgan fingerprint density at radius 1 is 1.43 bits per heavy atom. The molecule has 0 fully saturated rings. The maximum atomic E-state index is 11.3. The van der Waals surface area contributed by atoms with E-state index in [1.54, 1.807) is 6.07 Å². The van der Waals surface area contributed by atoms with E-state index in [4.69, 9.17) is 5.73 Å². The van der Waals surface area contributed by atoms with Crippen molar-refractivity contribution >= 4 is 10.9 Å². The van der Waals surface area contributed by atoms with Gasteiger partial charge in [0.25, 0.3) is 0 Å². The summed E-state index contributed by atoms with van der Waals surface area (Å²) >= 11 is 0. The molecular formula is C11H12N2O. The first-order valence-corrected chi connectivity index (χ1v) is 4.54. The smallest absolute Gasteiger partial charge is 0.248 e. The van der Waals surface area contributed by atoms with Crippen LogP contribution in [0.4, 0.5) is 0 Å². The van der Waals surface area contributed by atoms with E-state index in [0.29, 0.717) is 6.54 Å². The number of pyridine rings is 1. The lowest BCUT2D eigenvalue weighted by atomic mass is 10.1. The molecule has 72 valence electrons. The van der Waals surface area contributed by atoms with Crippen molar-refractivity contribution in [3.63, 3.8) is 0 Å². The van der Waals surface area contributed by atoms with Crippen molar-refractivity contribution in [3.8, 4) is 0 Å². The van der Waals surface area contributed by atoms with Crippen molar-refractivity contribution in [3.05, 3.63) is 45.7 Å². The first-order valence-electron chi connectivity index (χ1n) is 4.54. The summed E-state index contributed by atoms with van der Waals surface area (Å²) in [5.74, 6) is 0. The Bertz CT molecular complexity index is 528. The monoisotopic (exact) mass is 188 g/mol. The quantitative estimate of drug-likeness (QED) is 0.708. The molecule has 0 aliphatic carbocycles. The van der Waals surface area contributed by atoms with Crippen molar-refractivity contribution in [2.45, 2.75) is 13.5 Å². The van der Waals surface area contributed by atoms with Crippen LogP contribution in [0, 0.1) is 6.92 Å². The van der Waals surface area contributed by atoms with Gasteiger partial charge in [0, 0.05) is 18.0 Å². The van der Waals surface area contributed by atoms with E-state index >= 15 is 0 Å². The molecule has 1 aromatic heterocycles.